The predicted octanol–water partition coefficient (Wildman–Crippen LogP) is 3.29. The Bertz CT molecular complexity index is 714. The average Bonchev–Trinajstić information content (AvgIpc) is 2.63. The summed E-state index contributed by atoms with van der Waals surface area (Å²) in [6.45, 7) is 1.65. The number of aliphatic carboxylic acids is 1. The average molecular weight is 428 g/mol. The van der Waals surface area contributed by atoms with Crippen LogP contribution < -0.4 is 9.47 Å². The van der Waals surface area contributed by atoms with Crippen molar-refractivity contribution in [1.82, 2.24) is 0 Å². The Morgan fingerprint density at radius 3 is 2.31 bits per heavy atom. The van der Waals surface area contributed by atoms with Crippen LogP contribution in [-0.4, -0.2) is 38.4 Å². The van der Waals surface area contributed by atoms with Crippen LogP contribution >= 0.6 is 15.9 Å². The molecular weight excluding hydrogens is 406 g/mol. The number of carbonyl (C=O) groups excluding carboxylic acids is 1. The van der Waals surface area contributed by atoms with Gasteiger partial charge in [-0.25, -0.2) is 0 Å². The fourth-order valence-electron chi connectivity index (χ4n) is 2.86. The molecule has 0 bridgehead atoms. The number of nitrogens with zero attached hydrogens (tertiary/aromatic N) is 1. The van der Waals surface area contributed by atoms with Crippen LogP contribution in [0.25, 0.3) is 0 Å². The Balaban J connectivity index is 3.50. The normalized spacial score (nSPS) is 13.8. The van der Waals surface area contributed by atoms with E-state index in [1.165, 1.54) is 21.3 Å². The van der Waals surface area contributed by atoms with E-state index in [4.69, 9.17) is 19.3 Å². The number of hydrogen-bond donors (Lipinski definition) is 1. The molecule has 2 atom stereocenters. The van der Waals surface area contributed by atoms with Gasteiger partial charge in [0.2, 0.25) is 0 Å². The largest absolute Gasteiger partial charge is 0.493 e. The van der Waals surface area contributed by atoms with Crippen molar-refractivity contribution in [3.05, 3.63) is 22.2 Å². The van der Waals surface area contributed by atoms with Crippen LogP contribution in [0.3, 0.4) is 0 Å². The number of carboxylic acid groups (broad SMARTS) is 1. The SMILES string of the molecule is COC(=O)C(C)CC(C#N)(CCC(=O)O)c1cc(OC)c(OC)cc1Br. The summed E-state index contributed by atoms with van der Waals surface area (Å²) in [5, 5.41) is 19.1. The fraction of sp³-hybridized carbons (Fsp3) is 0.500. The van der Waals surface area contributed by atoms with Gasteiger partial charge in [0.25, 0.3) is 0 Å². The molecule has 7 nitrogen and oxygen atoms in total. The van der Waals surface area contributed by atoms with Crippen LogP contribution in [0.5, 0.6) is 11.5 Å². The zero-order valence-electron chi connectivity index (χ0n) is 15.2. The first-order valence-electron chi connectivity index (χ1n) is 7.87. The molecule has 1 aromatic rings. The molecule has 0 amide bonds. The standard InChI is InChI=1S/C18H22BrNO6/c1-11(17(23)26-4)9-18(10-20,6-5-16(21)22)12-7-14(24-2)15(25-3)8-13(12)19/h7-8,11H,5-6,9H2,1-4H3,(H,21,22). The highest BCUT2D eigenvalue weighted by Crippen LogP contribution is 2.44. The predicted molar refractivity (Wildman–Crippen MR) is 97.2 cm³/mol. The maximum Gasteiger partial charge on any atom is 0.308 e. The molecule has 142 valence electrons. The van der Waals surface area contributed by atoms with Crippen molar-refractivity contribution in [2.75, 3.05) is 21.3 Å². The molecule has 2 unspecified atom stereocenters. The van der Waals surface area contributed by atoms with E-state index >= 15 is 0 Å². The number of nitriles is 1. The number of halogens is 1. The number of methoxy groups -OCH3 is 3. The molecule has 0 radical (unpaired) electrons. The molecule has 0 aliphatic heterocycles. The van der Waals surface area contributed by atoms with Crippen molar-refractivity contribution < 1.29 is 28.9 Å². The highest BCUT2D eigenvalue weighted by atomic mass is 79.9. The van der Waals surface area contributed by atoms with Gasteiger partial charge in [-0.3, -0.25) is 9.59 Å². The van der Waals surface area contributed by atoms with Crippen LogP contribution in [-0.2, 0) is 19.7 Å². The van der Waals surface area contributed by atoms with E-state index in [0.29, 0.717) is 21.5 Å². The number of rotatable bonds is 9. The summed E-state index contributed by atoms with van der Waals surface area (Å²) in [5.41, 5.74) is -0.681. The van der Waals surface area contributed by atoms with Gasteiger partial charge in [-0.15, -0.1) is 0 Å². The summed E-state index contributed by atoms with van der Waals surface area (Å²) in [5.74, 6) is -1.20. The number of hydrogen-bond acceptors (Lipinski definition) is 6. The summed E-state index contributed by atoms with van der Waals surface area (Å²) >= 11 is 3.43. The lowest BCUT2D eigenvalue weighted by Crippen LogP contribution is -2.31. The molecule has 0 spiro atoms. The molecule has 0 aliphatic carbocycles. The monoisotopic (exact) mass is 427 g/mol. The second-order valence-corrected chi connectivity index (χ2v) is 6.76. The van der Waals surface area contributed by atoms with Gasteiger partial charge in [0.15, 0.2) is 11.5 Å². The maximum atomic E-state index is 11.9. The van der Waals surface area contributed by atoms with E-state index in [9.17, 15) is 14.9 Å². The molecule has 26 heavy (non-hydrogen) atoms. The Kier molecular flexibility index (Phi) is 7.90. The van der Waals surface area contributed by atoms with E-state index in [-0.39, 0.29) is 19.3 Å². The minimum atomic E-state index is -1.22. The number of esters is 1. The molecule has 0 aliphatic rings. The minimum Gasteiger partial charge on any atom is -0.493 e. The minimum absolute atomic E-state index is 0.0360. The Hall–Kier alpha value is -2.27. The second-order valence-electron chi connectivity index (χ2n) is 5.90. The summed E-state index contributed by atoms with van der Waals surface area (Å²) in [6, 6.07) is 5.52. The van der Waals surface area contributed by atoms with Crippen LogP contribution in [0.15, 0.2) is 16.6 Å². The van der Waals surface area contributed by atoms with Gasteiger partial charge < -0.3 is 19.3 Å². The molecule has 1 rings (SSSR count). The second kappa shape index (κ2) is 9.43. The lowest BCUT2D eigenvalue weighted by Gasteiger charge is -2.30. The molecular formula is C18H22BrNO6. The van der Waals surface area contributed by atoms with Crippen molar-refractivity contribution in [2.24, 2.45) is 5.92 Å². The Morgan fingerprint density at radius 1 is 1.27 bits per heavy atom. The van der Waals surface area contributed by atoms with E-state index in [0.717, 1.165) is 0 Å². The highest BCUT2D eigenvalue weighted by Gasteiger charge is 2.39. The van der Waals surface area contributed by atoms with Crippen LogP contribution in [0.1, 0.15) is 31.7 Å². The van der Waals surface area contributed by atoms with Crippen molar-refractivity contribution in [1.29, 1.82) is 5.26 Å². The van der Waals surface area contributed by atoms with E-state index < -0.39 is 23.3 Å². The van der Waals surface area contributed by atoms with Gasteiger partial charge >= 0.3 is 11.9 Å². The van der Waals surface area contributed by atoms with Crippen LogP contribution in [0.2, 0.25) is 0 Å². The summed E-state index contributed by atoms with van der Waals surface area (Å²) in [6.07, 6.45) is -0.0754. The van der Waals surface area contributed by atoms with Gasteiger partial charge in [0.1, 0.15) is 0 Å². The quantitative estimate of drug-likeness (QED) is 0.602. The molecule has 0 fully saturated rings. The number of carbonyl (C=O) groups is 2. The molecule has 0 aromatic heterocycles. The molecule has 0 heterocycles. The summed E-state index contributed by atoms with van der Waals surface area (Å²) in [7, 11) is 4.24. The maximum absolute atomic E-state index is 11.9. The molecule has 1 aromatic carbocycles. The lowest BCUT2D eigenvalue weighted by molar-refractivity contribution is -0.145. The Labute approximate surface area is 161 Å². The van der Waals surface area contributed by atoms with Gasteiger partial charge in [0.05, 0.1) is 38.7 Å². The van der Waals surface area contributed by atoms with E-state index in [1.807, 2.05) is 0 Å². The first-order valence-corrected chi connectivity index (χ1v) is 8.66. The molecule has 0 saturated heterocycles. The van der Waals surface area contributed by atoms with Crippen molar-refractivity contribution in [3.63, 3.8) is 0 Å². The third-order valence-corrected chi connectivity index (χ3v) is 4.88. The molecule has 0 saturated carbocycles. The van der Waals surface area contributed by atoms with Gasteiger partial charge in [-0.2, -0.15) is 5.26 Å². The summed E-state index contributed by atoms with van der Waals surface area (Å²) < 4.78 is 15.9. The van der Waals surface area contributed by atoms with Crippen molar-refractivity contribution >= 4 is 27.9 Å². The van der Waals surface area contributed by atoms with E-state index in [1.54, 1.807) is 19.1 Å². The zero-order chi connectivity index (χ0) is 19.9. The number of benzene rings is 1. The fourth-order valence-corrected chi connectivity index (χ4v) is 3.56. The third kappa shape index (κ3) is 4.88. The van der Waals surface area contributed by atoms with E-state index in [2.05, 4.69) is 22.0 Å². The van der Waals surface area contributed by atoms with Gasteiger partial charge in [0, 0.05) is 10.9 Å². The summed E-state index contributed by atoms with van der Waals surface area (Å²) in [4.78, 5) is 23.0. The smallest absolute Gasteiger partial charge is 0.308 e. The first-order chi connectivity index (χ1) is 12.2. The lowest BCUT2D eigenvalue weighted by atomic mass is 9.72. The van der Waals surface area contributed by atoms with Gasteiger partial charge in [-0.1, -0.05) is 22.9 Å². The number of ether oxygens (including phenoxy) is 3. The van der Waals surface area contributed by atoms with Crippen LogP contribution in [0.4, 0.5) is 0 Å². The van der Waals surface area contributed by atoms with Crippen molar-refractivity contribution in [2.45, 2.75) is 31.6 Å². The third-order valence-electron chi connectivity index (χ3n) is 4.23. The van der Waals surface area contributed by atoms with Crippen LogP contribution in [0, 0.1) is 17.2 Å². The van der Waals surface area contributed by atoms with Gasteiger partial charge in [-0.05, 0) is 30.5 Å². The van der Waals surface area contributed by atoms with Crippen molar-refractivity contribution in [3.8, 4) is 17.6 Å². The topological polar surface area (TPSA) is 106 Å². The first kappa shape index (κ1) is 21.8. The molecule has 1 N–H and O–H groups in total. The zero-order valence-corrected chi connectivity index (χ0v) is 16.8. The number of carboxylic acids is 1. The molecule has 8 heteroatoms. The Morgan fingerprint density at radius 2 is 1.85 bits per heavy atom. The highest BCUT2D eigenvalue weighted by molar-refractivity contribution is 9.10.